The van der Waals surface area contributed by atoms with Crippen molar-refractivity contribution in [3.8, 4) is 11.3 Å². The third-order valence-electron chi connectivity index (χ3n) is 5.46. The largest absolute Gasteiger partial charge is 0.220 e. The van der Waals surface area contributed by atoms with Gasteiger partial charge < -0.3 is 0 Å². The minimum absolute atomic E-state index is 1.27. The number of aryl methyl sites for hydroxylation is 2. The van der Waals surface area contributed by atoms with E-state index in [2.05, 4.69) is 104 Å². The summed E-state index contributed by atoms with van der Waals surface area (Å²) >= 11 is 0. The Balaban J connectivity index is 1.90. The van der Waals surface area contributed by atoms with Crippen LogP contribution in [0.1, 0.15) is 5.56 Å². The predicted octanol–water partition coefficient (Wildman–Crippen LogP) is 5.95. The van der Waals surface area contributed by atoms with E-state index in [9.17, 15) is 0 Å². The molecule has 0 atom stereocenters. The molecule has 0 aliphatic carbocycles. The van der Waals surface area contributed by atoms with Gasteiger partial charge in [0.05, 0.1) is 10.9 Å². The van der Waals surface area contributed by atoms with Crippen molar-refractivity contribution in [2.75, 3.05) is 0 Å². The Kier molecular flexibility index (Phi) is 3.29. The highest BCUT2D eigenvalue weighted by molar-refractivity contribution is 6.04. The van der Waals surface area contributed by atoms with Crippen LogP contribution in [0.25, 0.3) is 43.6 Å². The predicted molar refractivity (Wildman–Crippen MR) is 110 cm³/mol. The Labute approximate surface area is 153 Å². The SMILES string of the molecule is Cc1c(-c2c3cc4ccccc4cc3cc[n+]2C)ccc2ccccc12. The lowest BCUT2D eigenvalue weighted by Crippen LogP contribution is -2.30. The molecule has 26 heavy (non-hydrogen) atoms. The number of hydrogen-bond acceptors (Lipinski definition) is 0. The van der Waals surface area contributed by atoms with Crippen LogP contribution >= 0.6 is 0 Å². The van der Waals surface area contributed by atoms with E-state index >= 15 is 0 Å². The zero-order valence-corrected chi connectivity index (χ0v) is 15.0. The Morgan fingerprint density at radius 1 is 0.615 bits per heavy atom. The molecule has 0 aliphatic rings. The van der Waals surface area contributed by atoms with Gasteiger partial charge >= 0.3 is 0 Å². The normalized spacial score (nSPS) is 11.5. The summed E-state index contributed by atoms with van der Waals surface area (Å²) in [6, 6.07) is 28.5. The van der Waals surface area contributed by atoms with Crippen molar-refractivity contribution in [3.63, 3.8) is 0 Å². The van der Waals surface area contributed by atoms with Crippen molar-refractivity contribution in [2.24, 2.45) is 7.05 Å². The van der Waals surface area contributed by atoms with E-state index in [0.29, 0.717) is 0 Å². The molecule has 0 N–H and O–H groups in total. The second-order valence-corrected chi connectivity index (χ2v) is 7.02. The summed E-state index contributed by atoms with van der Waals surface area (Å²) in [4.78, 5) is 0. The maximum absolute atomic E-state index is 2.33. The molecular formula is C25H20N+. The summed E-state index contributed by atoms with van der Waals surface area (Å²) in [5, 5.41) is 7.77. The third-order valence-corrected chi connectivity index (χ3v) is 5.46. The molecule has 124 valence electrons. The molecule has 0 spiro atoms. The molecule has 0 saturated heterocycles. The molecule has 1 heteroatoms. The average Bonchev–Trinajstić information content (AvgIpc) is 2.68. The second-order valence-electron chi connectivity index (χ2n) is 7.02. The van der Waals surface area contributed by atoms with Gasteiger partial charge in [0.25, 0.3) is 0 Å². The molecule has 0 radical (unpaired) electrons. The van der Waals surface area contributed by atoms with Gasteiger partial charge in [0.1, 0.15) is 7.05 Å². The lowest BCUT2D eigenvalue weighted by Gasteiger charge is -2.11. The van der Waals surface area contributed by atoms with Crippen molar-refractivity contribution < 1.29 is 4.57 Å². The van der Waals surface area contributed by atoms with E-state index in [1.807, 2.05) is 0 Å². The van der Waals surface area contributed by atoms with Crippen LogP contribution in [-0.2, 0) is 7.05 Å². The summed E-state index contributed by atoms with van der Waals surface area (Å²) in [6.45, 7) is 2.23. The van der Waals surface area contributed by atoms with Gasteiger partial charge in [-0.25, -0.2) is 4.57 Å². The van der Waals surface area contributed by atoms with E-state index in [0.717, 1.165) is 0 Å². The Morgan fingerprint density at radius 2 is 1.31 bits per heavy atom. The van der Waals surface area contributed by atoms with E-state index in [-0.39, 0.29) is 0 Å². The van der Waals surface area contributed by atoms with E-state index < -0.39 is 0 Å². The van der Waals surface area contributed by atoms with E-state index in [4.69, 9.17) is 0 Å². The van der Waals surface area contributed by atoms with Gasteiger partial charge in [0, 0.05) is 6.07 Å². The first-order valence-electron chi connectivity index (χ1n) is 9.02. The number of rotatable bonds is 1. The lowest BCUT2D eigenvalue weighted by atomic mass is 9.94. The summed E-state index contributed by atoms with van der Waals surface area (Å²) in [5.41, 5.74) is 3.91. The standard InChI is InChI=1S/C25H20N/c1-17-22-10-6-5-7-18(22)11-12-23(17)25-24-16-20-9-4-3-8-19(20)15-21(24)13-14-26(25)2/h3-16H,1-2H3/q+1. The Hall–Kier alpha value is -3.19. The zero-order valence-electron chi connectivity index (χ0n) is 15.0. The number of benzene rings is 4. The fraction of sp³-hybridized carbons (Fsp3) is 0.0800. The minimum atomic E-state index is 1.27. The highest BCUT2D eigenvalue weighted by Crippen LogP contribution is 2.33. The van der Waals surface area contributed by atoms with Crippen molar-refractivity contribution >= 4 is 32.3 Å². The molecular weight excluding hydrogens is 314 g/mol. The lowest BCUT2D eigenvalue weighted by molar-refractivity contribution is -0.659. The smallest absolute Gasteiger partial charge is 0.200 e. The maximum Gasteiger partial charge on any atom is 0.220 e. The Bertz CT molecular complexity index is 1300. The molecule has 1 nitrogen and oxygen atoms in total. The molecule has 0 unspecified atom stereocenters. The summed E-state index contributed by atoms with van der Waals surface area (Å²) < 4.78 is 2.24. The van der Waals surface area contributed by atoms with Crippen LogP contribution in [0.5, 0.6) is 0 Å². The van der Waals surface area contributed by atoms with Crippen molar-refractivity contribution in [3.05, 3.63) is 90.6 Å². The van der Waals surface area contributed by atoms with Gasteiger partial charge in [0.15, 0.2) is 6.20 Å². The monoisotopic (exact) mass is 334 g/mol. The van der Waals surface area contributed by atoms with Crippen LogP contribution in [0.15, 0.2) is 85.1 Å². The minimum Gasteiger partial charge on any atom is -0.200 e. The number of hydrogen-bond donors (Lipinski definition) is 0. The van der Waals surface area contributed by atoms with Crippen molar-refractivity contribution in [1.29, 1.82) is 0 Å². The highest BCUT2D eigenvalue weighted by Gasteiger charge is 2.18. The molecule has 0 fully saturated rings. The first-order valence-corrected chi connectivity index (χ1v) is 9.02. The molecule has 1 aromatic heterocycles. The summed E-state index contributed by atoms with van der Waals surface area (Å²) in [7, 11) is 2.14. The topological polar surface area (TPSA) is 3.88 Å². The van der Waals surface area contributed by atoms with Gasteiger partial charge in [-0.05, 0) is 57.6 Å². The summed E-state index contributed by atoms with van der Waals surface area (Å²) in [6.07, 6.45) is 2.17. The number of fused-ring (bicyclic) bond motifs is 3. The second kappa shape index (κ2) is 5.67. The van der Waals surface area contributed by atoms with Crippen molar-refractivity contribution in [1.82, 2.24) is 0 Å². The van der Waals surface area contributed by atoms with Crippen LogP contribution in [0.2, 0.25) is 0 Å². The Morgan fingerprint density at radius 3 is 2.12 bits per heavy atom. The van der Waals surface area contributed by atoms with Gasteiger partial charge in [0.2, 0.25) is 5.69 Å². The highest BCUT2D eigenvalue weighted by atomic mass is 14.9. The van der Waals surface area contributed by atoms with E-state index in [1.165, 1.54) is 49.1 Å². The van der Waals surface area contributed by atoms with Gasteiger partial charge in [-0.2, -0.15) is 0 Å². The molecule has 0 aliphatic heterocycles. The number of pyridine rings is 1. The van der Waals surface area contributed by atoms with Gasteiger partial charge in [-0.3, -0.25) is 0 Å². The first-order chi connectivity index (χ1) is 12.7. The molecule has 0 bridgehead atoms. The fourth-order valence-corrected chi connectivity index (χ4v) is 4.08. The van der Waals surface area contributed by atoms with E-state index in [1.54, 1.807) is 0 Å². The molecule has 0 saturated carbocycles. The van der Waals surface area contributed by atoms with Crippen LogP contribution in [0.4, 0.5) is 0 Å². The van der Waals surface area contributed by atoms with Crippen LogP contribution < -0.4 is 4.57 Å². The van der Waals surface area contributed by atoms with Crippen molar-refractivity contribution in [2.45, 2.75) is 6.92 Å². The number of nitrogens with zero attached hydrogens (tertiary/aromatic N) is 1. The summed E-state index contributed by atoms with van der Waals surface area (Å²) in [5.74, 6) is 0. The maximum atomic E-state index is 2.33. The van der Waals surface area contributed by atoms with Crippen LogP contribution in [0.3, 0.4) is 0 Å². The van der Waals surface area contributed by atoms with Crippen LogP contribution in [0, 0.1) is 6.92 Å². The fourth-order valence-electron chi connectivity index (χ4n) is 4.08. The molecule has 5 rings (SSSR count). The molecule has 4 aromatic carbocycles. The molecule has 0 amide bonds. The first kappa shape index (κ1) is 15.1. The van der Waals surface area contributed by atoms with Gasteiger partial charge in [-0.1, -0.05) is 54.6 Å². The van der Waals surface area contributed by atoms with Crippen LogP contribution in [-0.4, -0.2) is 0 Å². The number of aromatic nitrogens is 1. The quantitative estimate of drug-likeness (QED) is 0.263. The third kappa shape index (κ3) is 2.21. The molecule has 1 heterocycles. The molecule has 5 aromatic rings. The average molecular weight is 334 g/mol. The van der Waals surface area contributed by atoms with Gasteiger partial charge in [-0.15, -0.1) is 0 Å². The zero-order chi connectivity index (χ0) is 17.7.